The number of rotatable bonds is 5. The number of ether oxygens (including phenoxy) is 1. The largest absolute Gasteiger partial charge is 0.457 e. The van der Waals surface area contributed by atoms with E-state index in [0.717, 1.165) is 29.3 Å². The molecule has 28 heavy (non-hydrogen) atoms. The van der Waals surface area contributed by atoms with E-state index in [0.29, 0.717) is 11.0 Å². The fourth-order valence-corrected chi connectivity index (χ4v) is 6.44. The number of hydrogen-bond acceptors (Lipinski definition) is 2. The molecule has 0 spiro atoms. The van der Waals surface area contributed by atoms with E-state index < -0.39 is 0 Å². The molecule has 6 rings (SSSR count). The van der Waals surface area contributed by atoms with E-state index in [1.807, 2.05) is 54.6 Å². The number of amides is 1. The number of carbonyl (C=O) groups excluding carboxylic acids is 1. The van der Waals surface area contributed by atoms with Gasteiger partial charge in [-0.1, -0.05) is 18.2 Å². The Bertz CT molecular complexity index is 807. The van der Waals surface area contributed by atoms with Crippen molar-refractivity contribution in [1.82, 2.24) is 5.32 Å². The maximum Gasteiger partial charge on any atom is 0.251 e. The summed E-state index contributed by atoms with van der Waals surface area (Å²) in [6.45, 7) is 2.23. The van der Waals surface area contributed by atoms with Crippen molar-refractivity contribution in [2.24, 2.45) is 23.2 Å². The van der Waals surface area contributed by atoms with Crippen molar-refractivity contribution in [3.63, 3.8) is 0 Å². The van der Waals surface area contributed by atoms with E-state index in [1.54, 1.807) is 0 Å². The van der Waals surface area contributed by atoms with Crippen LogP contribution in [0.25, 0.3) is 0 Å². The van der Waals surface area contributed by atoms with E-state index in [-0.39, 0.29) is 11.9 Å². The van der Waals surface area contributed by atoms with Gasteiger partial charge in [-0.15, -0.1) is 0 Å². The van der Waals surface area contributed by atoms with Gasteiger partial charge in [-0.3, -0.25) is 4.79 Å². The molecule has 4 bridgehead atoms. The summed E-state index contributed by atoms with van der Waals surface area (Å²) in [5.41, 5.74) is 1.04. The number of benzene rings is 2. The molecule has 146 valence electrons. The molecule has 4 aliphatic rings. The van der Waals surface area contributed by atoms with Crippen molar-refractivity contribution in [2.45, 2.75) is 51.5 Å². The Morgan fingerprint density at radius 1 is 0.893 bits per heavy atom. The van der Waals surface area contributed by atoms with Crippen molar-refractivity contribution in [3.05, 3.63) is 60.2 Å². The Balaban J connectivity index is 1.24. The molecule has 1 atom stereocenters. The number of carbonyl (C=O) groups is 1. The lowest BCUT2D eigenvalue weighted by atomic mass is 9.48. The van der Waals surface area contributed by atoms with Gasteiger partial charge in [-0.25, -0.2) is 0 Å². The maximum absolute atomic E-state index is 12.9. The molecule has 1 N–H and O–H groups in total. The molecule has 0 saturated heterocycles. The number of para-hydroxylation sites is 1. The summed E-state index contributed by atoms with van der Waals surface area (Å²) in [5.74, 6) is 4.29. The van der Waals surface area contributed by atoms with E-state index in [9.17, 15) is 4.79 Å². The van der Waals surface area contributed by atoms with Gasteiger partial charge < -0.3 is 10.1 Å². The average molecular weight is 376 g/mol. The highest BCUT2D eigenvalue weighted by molar-refractivity contribution is 5.94. The highest BCUT2D eigenvalue weighted by atomic mass is 16.5. The first-order valence-corrected chi connectivity index (χ1v) is 10.7. The van der Waals surface area contributed by atoms with Crippen LogP contribution in [0, 0.1) is 23.2 Å². The summed E-state index contributed by atoms with van der Waals surface area (Å²) in [4.78, 5) is 12.9. The third-order valence-electron chi connectivity index (χ3n) is 7.45. The Hall–Kier alpha value is -2.29. The van der Waals surface area contributed by atoms with Crippen molar-refractivity contribution in [2.75, 3.05) is 0 Å². The fourth-order valence-electron chi connectivity index (χ4n) is 6.44. The van der Waals surface area contributed by atoms with Gasteiger partial charge in [0.15, 0.2) is 0 Å². The van der Waals surface area contributed by atoms with Crippen molar-refractivity contribution >= 4 is 5.91 Å². The Kier molecular flexibility index (Phi) is 4.41. The van der Waals surface area contributed by atoms with Crippen molar-refractivity contribution in [3.8, 4) is 11.5 Å². The molecule has 3 nitrogen and oxygen atoms in total. The molecule has 0 heterocycles. The first-order valence-electron chi connectivity index (χ1n) is 10.7. The number of nitrogens with one attached hydrogen (secondary N) is 1. The number of hydrogen-bond donors (Lipinski definition) is 1. The molecule has 4 fully saturated rings. The van der Waals surface area contributed by atoms with Gasteiger partial charge >= 0.3 is 0 Å². The second-order valence-electron chi connectivity index (χ2n) is 9.41. The lowest BCUT2D eigenvalue weighted by Gasteiger charge is -2.59. The van der Waals surface area contributed by atoms with Gasteiger partial charge in [0, 0.05) is 11.6 Å². The van der Waals surface area contributed by atoms with Gasteiger partial charge in [-0.05, 0) is 105 Å². The molecule has 0 aliphatic heterocycles. The SMILES string of the molecule is C[C@@H](NC(=O)c1ccc(Oc2ccccc2)cc1)C12CC3CC(CC(C3)C1)C2. The van der Waals surface area contributed by atoms with Gasteiger partial charge in [-0.2, -0.15) is 0 Å². The normalized spacial score (nSPS) is 31.4. The monoisotopic (exact) mass is 375 g/mol. The zero-order valence-corrected chi connectivity index (χ0v) is 16.6. The van der Waals surface area contributed by atoms with E-state index in [4.69, 9.17) is 4.74 Å². The van der Waals surface area contributed by atoms with Crippen LogP contribution in [-0.4, -0.2) is 11.9 Å². The maximum atomic E-state index is 12.9. The Labute approximate surface area is 167 Å². The van der Waals surface area contributed by atoms with E-state index in [2.05, 4.69) is 12.2 Å². The van der Waals surface area contributed by atoms with Crippen LogP contribution in [-0.2, 0) is 0 Å². The molecule has 1 amide bonds. The van der Waals surface area contributed by atoms with Gasteiger partial charge in [0.2, 0.25) is 0 Å². The molecule has 0 unspecified atom stereocenters. The van der Waals surface area contributed by atoms with E-state index >= 15 is 0 Å². The molecule has 4 saturated carbocycles. The van der Waals surface area contributed by atoms with E-state index in [1.165, 1.54) is 38.5 Å². The van der Waals surface area contributed by atoms with Crippen LogP contribution < -0.4 is 10.1 Å². The highest BCUT2D eigenvalue weighted by Crippen LogP contribution is 2.61. The van der Waals surface area contributed by atoms with Gasteiger partial charge in [0.25, 0.3) is 5.91 Å². The van der Waals surface area contributed by atoms with Crippen LogP contribution in [0.15, 0.2) is 54.6 Å². The average Bonchev–Trinajstić information content (AvgIpc) is 2.68. The molecule has 2 aromatic rings. The van der Waals surface area contributed by atoms with Crippen molar-refractivity contribution < 1.29 is 9.53 Å². The Morgan fingerprint density at radius 2 is 1.43 bits per heavy atom. The molecule has 2 aromatic carbocycles. The quantitative estimate of drug-likeness (QED) is 0.716. The predicted molar refractivity (Wildman–Crippen MR) is 110 cm³/mol. The summed E-state index contributed by atoms with van der Waals surface area (Å²) in [6.07, 6.45) is 8.23. The molecule has 0 radical (unpaired) electrons. The summed E-state index contributed by atoms with van der Waals surface area (Å²) >= 11 is 0. The molecule has 3 heteroatoms. The third kappa shape index (κ3) is 3.32. The lowest BCUT2D eigenvalue weighted by Crippen LogP contribution is -2.55. The zero-order valence-electron chi connectivity index (χ0n) is 16.6. The lowest BCUT2D eigenvalue weighted by molar-refractivity contribution is -0.0688. The standard InChI is InChI=1S/C25H29NO2/c1-17(25-14-18-11-19(15-25)13-20(12-18)16-25)26-24(27)21-7-9-23(10-8-21)28-22-5-3-2-4-6-22/h2-10,17-20H,11-16H2,1H3,(H,26,27)/t17-,18?,19?,20?,25?/m1/s1. The van der Waals surface area contributed by atoms with Crippen LogP contribution in [0.4, 0.5) is 0 Å². The summed E-state index contributed by atoms with van der Waals surface area (Å²) < 4.78 is 5.83. The van der Waals surface area contributed by atoms with Crippen LogP contribution in [0.2, 0.25) is 0 Å². The first-order chi connectivity index (χ1) is 13.6. The zero-order chi connectivity index (χ0) is 19.1. The fraction of sp³-hybridized carbons (Fsp3) is 0.480. The van der Waals surface area contributed by atoms with Crippen molar-refractivity contribution in [1.29, 1.82) is 0 Å². The topological polar surface area (TPSA) is 38.3 Å². The summed E-state index contributed by atoms with van der Waals surface area (Å²) in [6, 6.07) is 17.4. The minimum atomic E-state index is 0.0366. The molecule has 0 aromatic heterocycles. The van der Waals surface area contributed by atoms with Crippen LogP contribution in [0.3, 0.4) is 0 Å². The van der Waals surface area contributed by atoms with Crippen LogP contribution >= 0.6 is 0 Å². The van der Waals surface area contributed by atoms with Gasteiger partial charge in [0.05, 0.1) is 0 Å². The predicted octanol–water partition coefficient (Wildman–Crippen LogP) is 5.81. The molecular weight excluding hydrogens is 346 g/mol. The molecular formula is C25H29NO2. The minimum Gasteiger partial charge on any atom is -0.457 e. The highest BCUT2D eigenvalue weighted by Gasteiger charge is 2.53. The Morgan fingerprint density at radius 3 is 2.00 bits per heavy atom. The van der Waals surface area contributed by atoms with Crippen LogP contribution in [0.5, 0.6) is 11.5 Å². The summed E-state index contributed by atoms with van der Waals surface area (Å²) in [5, 5.41) is 3.34. The molecule has 4 aliphatic carbocycles. The van der Waals surface area contributed by atoms with Crippen LogP contribution in [0.1, 0.15) is 55.8 Å². The second kappa shape index (κ2) is 6.95. The minimum absolute atomic E-state index is 0.0366. The summed E-state index contributed by atoms with van der Waals surface area (Å²) in [7, 11) is 0. The second-order valence-corrected chi connectivity index (χ2v) is 9.41. The first kappa shape index (κ1) is 17.8. The van der Waals surface area contributed by atoms with Gasteiger partial charge in [0.1, 0.15) is 11.5 Å². The smallest absolute Gasteiger partial charge is 0.251 e. The third-order valence-corrected chi connectivity index (χ3v) is 7.45.